The van der Waals surface area contributed by atoms with E-state index in [2.05, 4.69) is 4.98 Å². The highest BCUT2D eigenvalue weighted by Crippen LogP contribution is 2.24. The summed E-state index contributed by atoms with van der Waals surface area (Å²) in [4.78, 5) is 14.7. The minimum Gasteiger partial charge on any atom is -0.475 e. The van der Waals surface area contributed by atoms with Gasteiger partial charge in [-0.05, 0) is 25.1 Å². The van der Waals surface area contributed by atoms with Crippen LogP contribution in [0.5, 0.6) is 0 Å². The van der Waals surface area contributed by atoms with Crippen LogP contribution in [-0.4, -0.2) is 16.1 Å². The van der Waals surface area contributed by atoms with Gasteiger partial charge in [-0.2, -0.15) is 0 Å². The molecule has 0 saturated carbocycles. The van der Waals surface area contributed by atoms with E-state index in [-0.39, 0.29) is 5.76 Å². The molecule has 2 aromatic heterocycles. The monoisotopic (exact) mass is 203 g/mol. The van der Waals surface area contributed by atoms with Crippen molar-refractivity contribution in [2.45, 2.75) is 6.92 Å². The molecule has 0 aromatic carbocycles. The summed E-state index contributed by atoms with van der Waals surface area (Å²) in [5, 5.41) is 8.82. The molecule has 0 saturated heterocycles. The van der Waals surface area contributed by atoms with Gasteiger partial charge >= 0.3 is 5.97 Å². The molecule has 76 valence electrons. The van der Waals surface area contributed by atoms with Crippen LogP contribution >= 0.6 is 0 Å². The summed E-state index contributed by atoms with van der Waals surface area (Å²) < 4.78 is 5.22. The third-order valence-electron chi connectivity index (χ3n) is 2.06. The van der Waals surface area contributed by atoms with Gasteiger partial charge in [0.15, 0.2) is 0 Å². The molecule has 0 spiro atoms. The highest BCUT2D eigenvalue weighted by Gasteiger charge is 2.14. The number of rotatable bonds is 2. The zero-order valence-corrected chi connectivity index (χ0v) is 8.10. The van der Waals surface area contributed by atoms with Crippen LogP contribution in [0.4, 0.5) is 0 Å². The minimum atomic E-state index is -1.05. The number of carboxylic acid groups (broad SMARTS) is 1. The summed E-state index contributed by atoms with van der Waals surface area (Å²) in [5.74, 6) is -0.547. The molecule has 0 aliphatic heterocycles. The zero-order valence-electron chi connectivity index (χ0n) is 8.10. The van der Waals surface area contributed by atoms with Gasteiger partial charge in [0.05, 0.1) is 0 Å². The second-order valence-corrected chi connectivity index (χ2v) is 3.17. The number of pyridine rings is 1. The van der Waals surface area contributed by atoms with E-state index in [1.807, 2.05) is 6.07 Å². The van der Waals surface area contributed by atoms with Crippen molar-refractivity contribution >= 4 is 5.97 Å². The number of nitrogens with zero attached hydrogens (tertiary/aromatic N) is 1. The van der Waals surface area contributed by atoms with Gasteiger partial charge in [0.2, 0.25) is 5.76 Å². The molecule has 0 aliphatic rings. The van der Waals surface area contributed by atoms with E-state index in [0.29, 0.717) is 11.3 Å². The molecule has 4 nitrogen and oxygen atoms in total. The van der Waals surface area contributed by atoms with E-state index < -0.39 is 5.97 Å². The first-order chi connectivity index (χ1) is 7.18. The van der Waals surface area contributed by atoms with Crippen LogP contribution in [-0.2, 0) is 0 Å². The van der Waals surface area contributed by atoms with E-state index in [9.17, 15) is 4.79 Å². The van der Waals surface area contributed by atoms with Gasteiger partial charge in [0, 0.05) is 23.5 Å². The molecular weight excluding hydrogens is 194 g/mol. The Labute approximate surface area is 86.2 Å². The van der Waals surface area contributed by atoms with Crippen molar-refractivity contribution in [2.75, 3.05) is 0 Å². The number of aryl methyl sites for hydroxylation is 1. The Hall–Kier alpha value is -2.10. The second-order valence-electron chi connectivity index (χ2n) is 3.17. The Bertz CT molecular complexity index is 488. The summed E-state index contributed by atoms with van der Waals surface area (Å²) >= 11 is 0. The quantitative estimate of drug-likeness (QED) is 0.813. The molecular formula is C11H9NO3. The lowest BCUT2D eigenvalue weighted by molar-refractivity contribution is 0.0662. The summed E-state index contributed by atoms with van der Waals surface area (Å²) in [5.41, 5.74) is 1.38. The molecule has 0 bridgehead atoms. The molecule has 4 heteroatoms. The molecule has 1 N–H and O–H groups in total. The lowest BCUT2D eigenvalue weighted by Gasteiger charge is -1.93. The molecule has 2 rings (SSSR count). The van der Waals surface area contributed by atoms with E-state index in [4.69, 9.17) is 9.52 Å². The largest absolute Gasteiger partial charge is 0.475 e. The smallest absolute Gasteiger partial charge is 0.372 e. The van der Waals surface area contributed by atoms with Crippen molar-refractivity contribution in [1.29, 1.82) is 0 Å². The number of aromatic nitrogens is 1. The lowest BCUT2D eigenvalue weighted by Crippen LogP contribution is -1.94. The normalized spacial score (nSPS) is 10.2. The fourth-order valence-corrected chi connectivity index (χ4v) is 1.35. The van der Waals surface area contributed by atoms with Crippen molar-refractivity contribution in [2.24, 2.45) is 0 Å². The fourth-order valence-electron chi connectivity index (χ4n) is 1.35. The Morgan fingerprint density at radius 2 is 2.33 bits per heavy atom. The maximum Gasteiger partial charge on any atom is 0.372 e. The van der Waals surface area contributed by atoms with Crippen LogP contribution in [0.15, 0.2) is 35.0 Å². The molecule has 15 heavy (non-hydrogen) atoms. The topological polar surface area (TPSA) is 63.3 Å². The van der Waals surface area contributed by atoms with Crippen LogP contribution in [0.1, 0.15) is 16.1 Å². The molecule has 2 aromatic rings. The van der Waals surface area contributed by atoms with E-state index in [0.717, 1.165) is 5.56 Å². The molecule has 0 atom stereocenters. The van der Waals surface area contributed by atoms with Crippen molar-refractivity contribution in [3.05, 3.63) is 41.9 Å². The van der Waals surface area contributed by atoms with Gasteiger partial charge in [-0.3, -0.25) is 4.98 Å². The number of carbonyl (C=O) groups is 1. The molecule has 0 amide bonds. The van der Waals surface area contributed by atoms with E-state index in [1.54, 1.807) is 31.5 Å². The van der Waals surface area contributed by atoms with Crippen LogP contribution in [0, 0.1) is 6.92 Å². The van der Waals surface area contributed by atoms with Crippen LogP contribution in [0.25, 0.3) is 11.3 Å². The van der Waals surface area contributed by atoms with Gasteiger partial charge < -0.3 is 9.52 Å². The first-order valence-corrected chi connectivity index (χ1v) is 4.42. The van der Waals surface area contributed by atoms with Gasteiger partial charge in [0.1, 0.15) is 5.76 Å². The fraction of sp³-hybridized carbons (Fsp3) is 0.0909. The molecule has 0 unspecified atom stereocenters. The Balaban J connectivity index is 2.48. The second kappa shape index (κ2) is 3.57. The van der Waals surface area contributed by atoms with Crippen LogP contribution in [0.2, 0.25) is 0 Å². The van der Waals surface area contributed by atoms with Gasteiger partial charge in [-0.15, -0.1) is 0 Å². The van der Waals surface area contributed by atoms with Gasteiger partial charge in [0.25, 0.3) is 0 Å². The predicted octanol–water partition coefficient (Wildman–Crippen LogP) is 2.35. The standard InChI is InChI=1S/C11H9NO3/c1-7-5-9(15-10(7)11(13)14)8-3-2-4-12-6-8/h2-6H,1H3,(H,13,14). The minimum absolute atomic E-state index is 0.0196. The SMILES string of the molecule is Cc1cc(-c2cccnc2)oc1C(=O)O. The maximum atomic E-state index is 10.8. The highest BCUT2D eigenvalue weighted by molar-refractivity contribution is 5.87. The van der Waals surface area contributed by atoms with E-state index in [1.165, 1.54) is 0 Å². The predicted molar refractivity (Wildman–Crippen MR) is 53.6 cm³/mol. The van der Waals surface area contributed by atoms with Crippen LogP contribution in [0.3, 0.4) is 0 Å². The van der Waals surface area contributed by atoms with Gasteiger partial charge in [-0.1, -0.05) is 0 Å². The number of carboxylic acids is 1. The van der Waals surface area contributed by atoms with Gasteiger partial charge in [-0.25, -0.2) is 4.79 Å². The number of aromatic carboxylic acids is 1. The van der Waals surface area contributed by atoms with Crippen molar-refractivity contribution in [1.82, 2.24) is 4.98 Å². The molecule has 2 heterocycles. The first-order valence-electron chi connectivity index (χ1n) is 4.42. The summed E-state index contributed by atoms with van der Waals surface area (Å²) in [6.07, 6.45) is 3.28. The average Bonchev–Trinajstić information content (AvgIpc) is 2.62. The maximum absolute atomic E-state index is 10.8. The average molecular weight is 203 g/mol. The summed E-state index contributed by atoms with van der Waals surface area (Å²) in [6, 6.07) is 5.28. The highest BCUT2D eigenvalue weighted by atomic mass is 16.4. The third kappa shape index (κ3) is 1.74. The Morgan fingerprint density at radius 1 is 1.53 bits per heavy atom. The van der Waals surface area contributed by atoms with Crippen LogP contribution < -0.4 is 0 Å². The Morgan fingerprint density at radius 3 is 2.87 bits per heavy atom. The molecule has 0 radical (unpaired) electrons. The number of hydrogen-bond donors (Lipinski definition) is 1. The zero-order chi connectivity index (χ0) is 10.8. The summed E-state index contributed by atoms with van der Waals surface area (Å²) in [7, 11) is 0. The number of furan rings is 1. The summed E-state index contributed by atoms with van der Waals surface area (Å²) in [6.45, 7) is 1.70. The first kappa shape index (κ1) is 9.45. The van der Waals surface area contributed by atoms with Crippen molar-refractivity contribution < 1.29 is 14.3 Å². The van der Waals surface area contributed by atoms with E-state index >= 15 is 0 Å². The molecule has 0 aliphatic carbocycles. The van der Waals surface area contributed by atoms with Crippen molar-refractivity contribution in [3.63, 3.8) is 0 Å². The lowest BCUT2D eigenvalue weighted by atomic mass is 10.2. The number of hydrogen-bond acceptors (Lipinski definition) is 3. The molecule has 0 fully saturated rings. The third-order valence-corrected chi connectivity index (χ3v) is 2.06. The van der Waals surface area contributed by atoms with Crippen molar-refractivity contribution in [3.8, 4) is 11.3 Å². The Kier molecular flexibility index (Phi) is 2.25.